The van der Waals surface area contributed by atoms with Crippen LogP contribution in [-0.2, 0) is 0 Å². The molecule has 0 aliphatic carbocycles. The molecule has 2 unspecified atom stereocenters. The van der Waals surface area contributed by atoms with Crippen molar-refractivity contribution in [1.29, 1.82) is 0 Å². The summed E-state index contributed by atoms with van der Waals surface area (Å²) in [5.74, 6) is 0.894. The van der Waals surface area contributed by atoms with Gasteiger partial charge < -0.3 is 10.5 Å². The van der Waals surface area contributed by atoms with Crippen molar-refractivity contribution in [3.63, 3.8) is 0 Å². The Morgan fingerprint density at radius 1 is 1.15 bits per heavy atom. The topological polar surface area (TPSA) is 35.2 Å². The van der Waals surface area contributed by atoms with Gasteiger partial charge in [0.15, 0.2) is 0 Å². The zero-order chi connectivity index (χ0) is 14.3. The van der Waals surface area contributed by atoms with Crippen molar-refractivity contribution in [3.05, 3.63) is 63.1 Å². The Balaban J connectivity index is 2.03. The van der Waals surface area contributed by atoms with E-state index in [1.54, 1.807) is 0 Å². The van der Waals surface area contributed by atoms with Crippen LogP contribution in [0.15, 0.2) is 40.9 Å². The van der Waals surface area contributed by atoms with E-state index in [1.165, 1.54) is 16.7 Å². The number of aryl methyl sites for hydroxylation is 2. The molecule has 0 bridgehead atoms. The van der Waals surface area contributed by atoms with E-state index in [4.69, 9.17) is 10.5 Å². The Hall–Kier alpha value is -1.32. The minimum Gasteiger partial charge on any atom is -0.485 e. The smallest absolute Gasteiger partial charge is 0.126 e. The monoisotopic (exact) mass is 331 g/mol. The molecule has 2 atom stereocenters. The summed E-state index contributed by atoms with van der Waals surface area (Å²) in [6, 6.07) is 12.4. The van der Waals surface area contributed by atoms with Crippen LogP contribution >= 0.6 is 15.9 Å². The second-order valence-electron chi connectivity index (χ2n) is 5.44. The Bertz CT molecular complexity index is 633. The van der Waals surface area contributed by atoms with Crippen molar-refractivity contribution in [2.45, 2.75) is 32.4 Å². The third kappa shape index (κ3) is 2.36. The Morgan fingerprint density at radius 3 is 2.55 bits per heavy atom. The van der Waals surface area contributed by atoms with Crippen LogP contribution in [0.3, 0.4) is 0 Å². The molecule has 2 aromatic carbocycles. The van der Waals surface area contributed by atoms with Crippen molar-refractivity contribution in [2.24, 2.45) is 5.73 Å². The van der Waals surface area contributed by atoms with Gasteiger partial charge in [-0.1, -0.05) is 40.2 Å². The van der Waals surface area contributed by atoms with E-state index < -0.39 is 0 Å². The molecule has 2 nitrogen and oxygen atoms in total. The molecule has 1 aliphatic rings. The summed E-state index contributed by atoms with van der Waals surface area (Å²) in [5.41, 5.74) is 11.2. The molecule has 0 radical (unpaired) electrons. The first-order chi connectivity index (χ1) is 9.56. The molecular formula is C17H18BrNO. The molecule has 104 valence electrons. The normalized spacial score (nSPS) is 21.2. The molecule has 0 amide bonds. The standard InChI is InChI=1S/C17H18BrNO/c1-10-4-3-5-11(2)17(10)16-9-14(19)13-7-6-12(18)8-15(13)20-16/h3-8,14,16H,9,19H2,1-2H3. The molecule has 0 spiro atoms. The summed E-state index contributed by atoms with van der Waals surface area (Å²) in [5, 5.41) is 0. The number of rotatable bonds is 1. The fourth-order valence-electron chi connectivity index (χ4n) is 2.99. The van der Waals surface area contributed by atoms with Gasteiger partial charge in [0.25, 0.3) is 0 Å². The van der Waals surface area contributed by atoms with Crippen LogP contribution in [-0.4, -0.2) is 0 Å². The first-order valence-corrected chi connectivity index (χ1v) is 7.63. The zero-order valence-corrected chi connectivity index (χ0v) is 13.3. The van der Waals surface area contributed by atoms with Gasteiger partial charge in [-0.05, 0) is 42.7 Å². The summed E-state index contributed by atoms with van der Waals surface area (Å²) in [6.07, 6.45) is 0.855. The van der Waals surface area contributed by atoms with Crippen LogP contribution in [0.2, 0.25) is 0 Å². The second-order valence-corrected chi connectivity index (χ2v) is 6.35. The van der Waals surface area contributed by atoms with E-state index in [0.717, 1.165) is 22.2 Å². The van der Waals surface area contributed by atoms with Gasteiger partial charge in [-0.2, -0.15) is 0 Å². The lowest BCUT2D eigenvalue weighted by molar-refractivity contribution is 0.160. The largest absolute Gasteiger partial charge is 0.485 e. The average Bonchev–Trinajstić information content (AvgIpc) is 2.38. The fourth-order valence-corrected chi connectivity index (χ4v) is 3.33. The number of nitrogens with two attached hydrogens (primary N) is 1. The van der Waals surface area contributed by atoms with Gasteiger partial charge in [-0.25, -0.2) is 0 Å². The van der Waals surface area contributed by atoms with Crippen LogP contribution in [0.1, 0.15) is 40.8 Å². The Morgan fingerprint density at radius 2 is 1.85 bits per heavy atom. The predicted octanol–water partition coefficient (Wildman–Crippen LogP) is 4.59. The maximum Gasteiger partial charge on any atom is 0.126 e. The van der Waals surface area contributed by atoms with Crippen LogP contribution in [0.5, 0.6) is 5.75 Å². The third-order valence-electron chi connectivity index (χ3n) is 3.98. The van der Waals surface area contributed by atoms with Crippen LogP contribution in [0.4, 0.5) is 0 Å². The lowest BCUT2D eigenvalue weighted by Crippen LogP contribution is -2.25. The van der Waals surface area contributed by atoms with Gasteiger partial charge in [0.1, 0.15) is 11.9 Å². The van der Waals surface area contributed by atoms with E-state index >= 15 is 0 Å². The molecule has 3 heteroatoms. The SMILES string of the molecule is Cc1cccc(C)c1C1CC(N)c2ccc(Br)cc2O1. The van der Waals surface area contributed by atoms with E-state index in [9.17, 15) is 0 Å². The van der Waals surface area contributed by atoms with Gasteiger partial charge in [-0.3, -0.25) is 0 Å². The van der Waals surface area contributed by atoms with Crippen LogP contribution in [0, 0.1) is 13.8 Å². The number of halogens is 1. The molecule has 1 heterocycles. The highest BCUT2D eigenvalue weighted by Gasteiger charge is 2.28. The van der Waals surface area contributed by atoms with E-state index in [2.05, 4.69) is 48.0 Å². The van der Waals surface area contributed by atoms with Crippen molar-refractivity contribution in [3.8, 4) is 5.75 Å². The first-order valence-electron chi connectivity index (χ1n) is 6.84. The number of ether oxygens (including phenoxy) is 1. The lowest BCUT2D eigenvalue weighted by Gasteiger charge is -2.32. The molecule has 0 saturated heterocycles. The summed E-state index contributed by atoms with van der Waals surface area (Å²) < 4.78 is 7.24. The summed E-state index contributed by atoms with van der Waals surface area (Å²) in [6.45, 7) is 4.27. The molecule has 20 heavy (non-hydrogen) atoms. The molecule has 1 aliphatic heterocycles. The number of hydrogen-bond donors (Lipinski definition) is 1. The van der Waals surface area contributed by atoms with Crippen molar-refractivity contribution >= 4 is 15.9 Å². The Labute approximate surface area is 128 Å². The minimum absolute atomic E-state index is 0.0239. The van der Waals surface area contributed by atoms with Gasteiger partial charge in [0, 0.05) is 22.5 Å². The Kier molecular flexibility index (Phi) is 3.57. The van der Waals surface area contributed by atoms with Gasteiger partial charge >= 0.3 is 0 Å². The fraction of sp³-hybridized carbons (Fsp3) is 0.294. The average molecular weight is 332 g/mol. The molecular weight excluding hydrogens is 314 g/mol. The van der Waals surface area contributed by atoms with E-state index in [-0.39, 0.29) is 12.1 Å². The van der Waals surface area contributed by atoms with Crippen molar-refractivity contribution in [2.75, 3.05) is 0 Å². The van der Waals surface area contributed by atoms with Crippen LogP contribution < -0.4 is 10.5 Å². The maximum absolute atomic E-state index is 6.33. The van der Waals surface area contributed by atoms with E-state index in [1.807, 2.05) is 18.2 Å². The molecule has 3 rings (SSSR count). The van der Waals surface area contributed by atoms with Gasteiger partial charge in [0.2, 0.25) is 0 Å². The highest BCUT2D eigenvalue weighted by molar-refractivity contribution is 9.10. The first kappa shape index (κ1) is 13.7. The molecule has 0 saturated carbocycles. The lowest BCUT2D eigenvalue weighted by atomic mass is 9.89. The van der Waals surface area contributed by atoms with Crippen LogP contribution in [0.25, 0.3) is 0 Å². The third-order valence-corrected chi connectivity index (χ3v) is 4.47. The molecule has 2 N–H and O–H groups in total. The molecule has 0 aromatic heterocycles. The van der Waals surface area contributed by atoms with E-state index in [0.29, 0.717) is 0 Å². The van der Waals surface area contributed by atoms with Gasteiger partial charge in [0.05, 0.1) is 0 Å². The summed E-state index contributed by atoms with van der Waals surface area (Å²) in [4.78, 5) is 0. The number of hydrogen-bond acceptors (Lipinski definition) is 2. The summed E-state index contributed by atoms with van der Waals surface area (Å²) >= 11 is 3.49. The van der Waals surface area contributed by atoms with Gasteiger partial charge in [-0.15, -0.1) is 0 Å². The minimum atomic E-state index is 0.0239. The number of benzene rings is 2. The highest BCUT2D eigenvalue weighted by atomic mass is 79.9. The molecule has 2 aromatic rings. The van der Waals surface area contributed by atoms with Crippen molar-refractivity contribution in [1.82, 2.24) is 0 Å². The van der Waals surface area contributed by atoms with Crippen molar-refractivity contribution < 1.29 is 4.74 Å². The highest BCUT2D eigenvalue weighted by Crippen LogP contribution is 2.42. The zero-order valence-electron chi connectivity index (χ0n) is 11.7. The second kappa shape index (κ2) is 5.23. The quantitative estimate of drug-likeness (QED) is 0.829. The number of fused-ring (bicyclic) bond motifs is 1. The summed E-state index contributed by atoms with van der Waals surface area (Å²) in [7, 11) is 0. The molecule has 0 fully saturated rings. The predicted molar refractivity (Wildman–Crippen MR) is 85.0 cm³/mol. The maximum atomic E-state index is 6.33.